The molecule has 0 aliphatic carbocycles. The number of nitrogens with zero attached hydrogens (tertiary/aromatic N) is 2. The van der Waals surface area contributed by atoms with Gasteiger partial charge in [-0.15, -0.1) is 10.2 Å². The molecule has 24 heavy (non-hydrogen) atoms. The molecular formula is C15H18N4O4S. The monoisotopic (exact) mass is 350 g/mol. The normalized spacial score (nSPS) is 12.9. The average molecular weight is 350 g/mol. The Kier molecular flexibility index (Phi) is 4.70. The second kappa shape index (κ2) is 6.91. The third-order valence-corrected chi connectivity index (χ3v) is 4.77. The quantitative estimate of drug-likeness (QED) is 0.787. The molecule has 0 fully saturated rings. The zero-order chi connectivity index (χ0) is 17.0. The largest absolute Gasteiger partial charge is 0.454 e. The maximum atomic E-state index is 11.7. The van der Waals surface area contributed by atoms with Crippen LogP contribution in [0.2, 0.25) is 0 Å². The number of fused-ring (bicyclic) bond motifs is 1. The fourth-order valence-corrected chi connectivity index (χ4v) is 3.27. The lowest BCUT2D eigenvalue weighted by Crippen LogP contribution is -2.17. The van der Waals surface area contributed by atoms with Gasteiger partial charge in [-0.25, -0.2) is 8.42 Å². The number of anilines is 2. The van der Waals surface area contributed by atoms with Gasteiger partial charge in [-0.3, -0.25) is 4.72 Å². The van der Waals surface area contributed by atoms with Crippen LogP contribution in [0.5, 0.6) is 11.5 Å². The van der Waals surface area contributed by atoms with Gasteiger partial charge in [0.05, 0.1) is 5.75 Å². The smallest absolute Gasteiger partial charge is 0.233 e. The molecular weight excluding hydrogens is 332 g/mol. The molecule has 128 valence electrons. The minimum absolute atomic E-state index is 0.0544. The van der Waals surface area contributed by atoms with Crippen LogP contribution in [-0.2, 0) is 16.6 Å². The molecule has 1 aromatic heterocycles. The summed E-state index contributed by atoms with van der Waals surface area (Å²) >= 11 is 0. The summed E-state index contributed by atoms with van der Waals surface area (Å²) in [4.78, 5) is 0. The maximum absolute atomic E-state index is 11.7. The average Bonchev–Trinajstić information content (AvgIpc) is 3.01. The molecule has 2 heterocycles. The molecule has 0 spiro atoms. The van der Waals surface area contributed by atoms with Crippen molar-refractivity contribution >= 4 is 21.7 Å². The minimum atomic E-state index is -3.36. The highest BCUT2D eigenvalue weighted by atomic mass is 32.2. The van der Waals surface area contributed by atoms with Crippen molar-refractivity contribution in [1.82, 2.24) is 10.2 Å². The molecule has 9 heteroatoms. The predicted octanol–water partition coefficient (Wildman–Crippen LogP) is 1.97. The molecule has 0 bridgehead atoms. The molecule has 2 aromatic rings. The van der Waals surface area contributed by atoms with Crippen LogP contribution in [0.25, 0.3) is 0 Å². The Morgan fingerprint density at radius 3 is 2.58 bits per heavy atom. The molecule has 0 amide bonds. The van der Waals surface area contributed by atoms with Crippen molar-refractivity contribution in [2.45, 2.75) is 19.9 Å². The number of ether oxygens (including phenoxy) is 2. The van der Waals surface area contributed by atoms with E-state index in [-0.39, 0.29) is 18.4 Å². The fraction of sp³-hybridized carbons (Fsp3) is 0.333. The first-order valence-electron chi connectivity index (χ1n) is 7.52. The van der Waals surface area contributed by atoms with Gasteiger partial charge in [0.25, 0.3) is 0 Å². The fourth-order valence-electron chi connectivity index (χ4n) is 2.20. The van der Waals surface area contributed by atoms with Crippen molar-refractivity contribution in [3.63, 3.8) is 0 Å². The molecule has 8 nitrogen and oxygen atoms in total. The number of hydrogen-bond donors (Lipinski definition) is 2. The minimum Gasteiger partial charge on any atom is -0.454 e. The van der Waals surface area contributed by atoms with Gasteiger partial charge < -0.3 is 14.8 Å². The first-order chi connectivity index (χ1) is 11.6. The Balaban J connectivity index is 1.58. The number of rotatable bonds is 7. The van der Waals surface area contributed by atoms with Crippen molar-refractivity contribution in [2.75, 3.05) is 22.6 Å². The van der Waals surface area contributed by atoms with Gasteiger partial charge in [-0.05, 0) is 36.2 Å². The highest BCUT2D eigenvalue weighted by molar-refractivity contribution is 7.92. The maximum Gasteiger partial charge on any atom is 0.233 e. The first-order valence-corrected chi connectivity index (χ1v) is 9.17. The van der Waals surface area contributed by atoms with E-state index in [9.17, 15) is 8.42 Å². The highest BCUT2D eigenvalue weighted by Crippen LogP contribution is 2.32. The number of hydrogen-bond acceptors (Lipinski definition) is 7. The lowest BCUT2D eigenvalue weighted by atomic mass is 10.2. The Hall–Kier alpha value is -2.55. The summed E-state index contributed by atoms with van der Waals surface area (Å²) in [6.07, 6.45) is 0.540. The van der Waals surface area contributed by atoms with E-state index in [0.29, 0.717) is 18.8 Å². The Labute approximate surface area is 140 Å². The van der Waals surface area contributed by atoms with Crippen LogP contribution in [-0.4, -0.2) is 31.2 Å². The molecule has 0 atom stereocenters. The van der Waals surface area contributed by atoms with Crippen LogP contribution in [0.3, 0.4) is 0 Å². The molecule has 2 N–H and O–H groups in total. The van der Waals surface area contributed by atoms with E-state index >= 15 is 0 Å². The number of benzene rings is 1. The zero-order valence-electron chi connectivity index (χ0n) is 13.2. The number of aromatic nitrogens is 2. The third-order valence-electron chi connectivity index (χ3n) is 3.31. The Morgan fingerprint density at radius 1 is 1.08 bits per heavy atom. The van der Waals surface area contributed by atoms with Gasteiger partial charge in [-0.2, -0.15) is 0 Å². The molecule has 0 saturated carbocycles. The van der Waals surface area contributed by atoms with E-state index in [1.54, 1.807) is 19.1 Å². The second-order valence-electron chi connectivity index (χ2n) is 5.27. The summed E-state index contributed by atoms with van der Waals surface area (Å²) in [5.74, 6) is 2.27. The number of sulfonamides is 1. The van der Waals surface area contributed by atoms with E-state index in [2.05, 4.69) is 20.2 Å². The SMILES string of the molecule is CCCS(=O)(=O)Nc1ccc(NCc2ccc3c(c2)OCO3)nn1. The van der Waals surface area contributed by atoms with E-state index in [4.69, 9.17) is 9.47 Å². The lowest BCUT2D eigenvalue weighted by molar-refractivity contribution is 0.174. The summed E-state index contributed by atoms with van der Waals surface area (Å²) in [6.45, 7) is 2.58. The van der Waals surface area contributed by atoms with Crippen LogP contribution in [0.1, 0.15) is 18.9 Å². The van der Waals surface area contributed by atoms with E-state index in [1.165, 1.54) is 0 Å². The second-order valence-corrected chi connectivity index (χ2v) is 7.11. The Morgan fingerprint density at radius 2 is 1.83 bits per heavy atom. The summed E-state index contributed by atoms with van der Waals surface area (Å²) in [7, 11) is -3.36. The van der Waals surface area contributed by atoms with Gasteiger partial charge >= 0.3 is 0 Å². The molecule has 0 saturated heterocycles. The van der Waals surface area contributed by atoms with Crippen LogP contribution < -0.4 is 19.5 Å². The van der Waals surface area contributed by atoms with E-state index in [0.717, 1.165) is 17.1 Å². The molecule has 1 aromatic carbocycles. The molecule has 0 unspecified atom stereocenters. The van der Waals surface area contributed by atoms with Crippen LogP contribution >= 0.6 is 0 Å². The van der Waals surface area contributed by atoms with E-state index < -0.39 is 10.0 Å². The van der Waals surface area contributed by atoms with Gasteiger partial charge in [0.15, 0.2) is 17.3 Å². The van der Waals surface area contributed by atoms with Crippen molar-refractivity contribution in [3.05, 3.63) is 35.9 Å². The molecule has 3 rings (SSSR count). The zero-order valence-corrected chi connectivity index (χ0v) is 14.0. The van der Waals surface area contributed by atoms with Crippen LogP contribution in [0.15, 0.2) is 30.3 Å². The standard InChI is InChI=1S/C15H18N4O4S/c1-2-7-24(20,21)19-15-6-5-14(17-18-15)16-9-11-3-4-12-13(8-11)23-10-22-12/h3-6,8H,2,7,9-10H2,1H3,(H,16,17)(H,18,19). The topological polar surface area (TPSA) is 102 Å². The van der Waals surface area contributed by atoms with Crippen LogP contribution in [0, 0.1) is 0 Å². The molecule has 1 aliphatic heterocycles. The highest BCUT2D eigenvalue weighted by Gasteiger charge is 2.13. The van der Waals surface area contributed by atoms with Gasteiger partial charge in [0, 0.05) is 6.54 Å². The van der Waals surface area contributed by atoms with Crippen molar-refractivity contribution < 1.29 is 17.9 Å². The van der Waals surface area contributed by atoms with Gasteiger partial charge in [0.1, 0.15) is 5.82 Å². The number of nitrogens with one attached hydrogen (secondary N) is 2. The lowest BCUT2D eigenvalue weighted by Gasteiger charge is -2.08. The summed E-state index contributed by atoms with van der Waals surface area (Å²) in [6, 6.07) is 8.93. The van der Waals surface area contributed by atoms with Crippen molar-refractivity contribution in [2.24, 2.45) is 0 Å². The Bertz CT molecular complexity index is 809. The molecule has 0 radical (unpaired) electrons. The molecule has 1 aliphatic rings. The van der Waals surface area contributed by atoms with Crippen molar-refractivity contribution in [3.8, 4) is 11.5 Å². The van der Waals surface area contributed by atoms with Gasteiger partial charge in [0.2, 0.25) is 16.8 Å². The summed E-state index contributed by atoms with van der Waals surface area (Å²) < 4.78 is 36.3. The van der Waals surface area contributed by atoms with Crippen LogP contribution in [0.4, 0.5) is 11.6 Å². The van der Waals surface area contributed by atoms with Crippen molar-refractivity contribution in [1.29, 1.82) is 0 Å². The first kappa shape index (κ1) is 16.3. The summed E-state index contributed by atoms with van der Waals surface area (Å²) in [5.41, 5.74) is 1.01. The predicted molar refractivity (Wildman–Crippen MR) is 89.6 cm³/mol. The summed E-state index contributed by atoms with van der Waals surface area (Å²) in [5, 5.41) is 11.0. The van der Waals surface area contributed by atoms with E-state index in [1.807, 2.05) is 18.2 Å². The van der Waals surface area contributed by atoms with Gasteiger partial charge in [-0.1, -0.05) is 13.0 Å². The third kappa shape index (κ3) is 4.05.